The Kier molecular flexibility index (Phi) is 6.50. The van der Waals surface area contributed by atoms with E-state index in [1.165, 1.54) is 0 Å². The fourth-order valence-corrected chi connectivity index (χ4v) is 3.19. The molecule has 2 unspecified atom stereocenters. The van der Waals surface area contributed by atoms with Crippen molar-refractivity contribution in [1.29, 1.82) is 0 Å². The first kappa shape index (κ1) is 17.4. The van der Waals surface area contributed by atoms with Gasteiger partial charge in [-0.1, -0.05) is 60.2 Å². The molecule has 2 rings (SSSR count). The minimum Gasteiger partial charge on any atom is -0.354 e. The molecule has 0 aliphatic heterocycles. The van der Waals surface area contributed by atoms with Crippen LogP contribution in [0.15, 0.2) is 54.6 Å². The standard InChI is InChI=1S/C18H22N2O2S/c1-14-7-9-16(10-8-14)17(19)18(21)20-11-12-23(22)13-15-5-3-2-4-6-15/h2-10,17H,11-13,19H2,1H3,(H,20,21). The summed E-state index contributed by atoms with van der Waals surface area (Å²) in [4.78, 5) is 12.0. The summed E-state index contributed by atoms with van der Waals surface area (Å²) in [7, 11) is -1.00. The Bertz CT molecular complexity index is 656. The van der Waals surface area contributed by atoms with Crippen LogP contribution >= 0.6 is 0 Å². The molecule has 0 aliphatic carbocycles. The van der Waals surface area contributed by atoms with Crippen molar-refractivity contribution in [1.82, 2.24) is 5.32 Å². The zero-order chi connectivity index (χ0) is 16.7. The van der Waals surface area contributed by atoms with E-state index in [-0.39, 0.29) is 5.91 Å². The Hall–Kier alpha value is -1.98. The van der Waals surface area contributed by atoms with Crippen LogP contribution in [0.4, 0.5) is 0 Å². The zero-order valence-corrected chi connectivity index (χ0v) is 14.0. The van der Waals surface area contributed by atoms with Crippen molar-refractivity contribution in [2.45, 2.75) is 18.7 Å². The van der Waals surface area contributed by atoms with Gasteiger partial charge in [-0.25, -0.2) is 0 Å². The lowest BCUT2D eigenvalue weighted by molar-refractivity contribution is -0.122. The van der Waals surface area contributed by atoms with Crippen LogP contribution in [0.2, 0.25) is 0 Å². The first-order valence-corrected chi connectivity index (χ1v) is 9.04. The highest BCUT2D eigenvalue weighted by Gasteiger charge is 2.15. The van der Waals surface area contributed by atoms with Crippen LogP contribution in [0.1, 0.15) is 22.7 Å². The molecular weight excluding hydrogens is 308 g/mol. The second-order valence-electron chi connectivity index (χ2n) is 5.45. The first-order chi connectivity index (χ1) is 11.1. The number of carbonyl (C=O) groups is 1. The van der Waals surface area contributed by atoms with E-state index in [0.717, 1.165) is 16.7 Å². The summed E-state index contributed by atoms with van der Waals surface area (Å²) < 4.78 is 12.0. The molecule has 0 spiro atoms. The van der Waals surface area contributed by atoms with E-state index >= 15 is 0 Å². The average molecular weight is 330 g/mol. The summed E-state index contributed by atoms with van der Waals surface area (Å²) in [5.74, 6) is 0.674. The van der Waals surface area contributed by atoms with E-state index < -0.39 is 16.8 Å². The van der Waals surface area contributed by atoms with Gasteiger partial charge in [-0.2, -0.15) is 0 Å². The van der Waals surface area contributed by atoms with Gasteiger partial charge in [-0.05, 0) is 18.1 Å². The molecule has 1 amide bonds. The van der Waals surface area contributed by atoms with Gasteiger partial charge in [-0.15, -0.1) is 0 Å². The number of aryl methyl sites for hydroxylation is 1. The Morgan fingerprint density at radius 3 is 2.43 bits per heavy atom. The minimum absolute atomic E-state index is 0.245. The van der Waals surface area contributed by atoms with Crippen molar-refractivity contribution in [3.63, 3.8) is 0 Å². The Morgan fingerprint density at radius 1 is 1.13 bits per heavy atom. The third kappa shape index (κ3) is 5.62. The number of carbonyl (C=O) groups excluding carboxylic acids is 1. The van der Waals surface area contributed by atoms with E-state index in [1.54, 1.807) is 0 Å². The molecule has 2 aromatic carbocycles. The molecule has 4 nitrogen and oxygen atoms in total. The van der Waals surface area contributed by atoms with Crippen molar-refractivity contribution in [2.24, 2.45) is 5.73 Å². The van der Waals surface area contributed by atoms with Crippen molar-refractivity contribution in [2.75, 3.05) is 12.3 Å². The van der Waals surface area contributed by atoms with Crippen LogP contribution in [-0.2, 0) is 21.3 Å². The smallest absolute Gasteiger partial charge is 0.241 e. The molecule has 0 radical (unpaired) electrons. The molecule has 0 saturated carbocycles. The summed E-state index contributed by atoms with van der Waals surface area (Å²) in [5, 5.41) is 2.76. The molecule has 0 saturated heterocycles. The van der Waals surface area contributed by atoms with Crippen molar-refractivity contribution < 1.29 is 9.00 Å². The van der Waals surface area contributed by atoms with Gasteiger partial charge < -0.3 is 11.1 Å². The third-order valence-corrected chi connectivity index (χ3v) is 4.83. The van der Waals surface area contributed by atoms with Crippen LogP contribution in [0.3, 0.4) is 0 Å². The third-order valence-electron chi connectivity index (χ3n) is 3.52. The van der Waals surface area contributed by atoms with Crippen molar-refractivity contribution >= 4 is 16.7 Å². The fraction of sp³-hybridized carbons (Fsp3) is 0.278. The summed E-state index contributed by atoms with van der Waals surface area (Å²) in [5.41, 5.74) is 8.88. The van der Waals surface area contributed by atoms with Crippen LogP contribution in [0.25, 0.3) is 0 Å². The van der Waals surface area contributed by atoms with Crippen LogP contribution in [0.5, 0.6) is 0 Å². The summed E-state index contributed by atoms with van der Waals surface area (Å²) in [6.45, 7) is 2.34. The predicted molar refractivity (Wildman–Crippen MR) is 94.3 cm³/mol. The number of amides is 1. The van der Waals surface area contributed by atoms with Gasteiger partial charge in [0.1, 0.15) is 6.04 Å². The van der Waals surface area contributed by atoms with Gasteiger partial charge >= 0.3 is 0 Å². The number of hydrogen-bond donors (Lipinski definition) is 2. The van der Waals surface area contributed by atoms with Crippen LogP contribution < -0.4 is 11.1 Å². The van der Waals surface area contributed by atoms with E-state index in [2.05, 4.69) is 5.32 Å². The zero-order valence-electron chi connectivity index (χ0n) is 13.2. The van der Waals surface area contributed by atoms with Gasteiger partial charge in [-0.3, -0.25) is 9.00 Å². The highest BCUT2D eigenvalue weighted by molar-refractivity contribution is 7.84. The highest BCUT2D eigenvalue weighted by Crippen LogP contribution is 2.11. The molecule has 0 aromatic heterocycles. The monoisotopic (exact) mass is 330 g/mol. The molecule has 3 N–H and O–H groups in total. The van der Waals surface area contributed by atoms with E-state index in [1.807, 2.05) is 61.5 Å². The minimum atomic E-state index is -1.00. The molecule has 0 bridgehead atoms. The molecule has 0 fully saturated rings. The van der Waals surface area contributed by atoms with Crippen LogP contribution in [-0.4, -0.2) is 22.4 Å². The molecule has 0 heterocycles. The summed E-state index contributed by atoms with van der Waals surface area (Å²) >= 11 is 0. The number of hydrogen-bond acceptors (Lipinski definition) is 3. The van der Waals surface area contributed by atoms with Gasteiger partial charge in [0.25, 0.3) is 0 Å². The number of nitrogens with one attached hydrogen (secondary N) is 1. The quantitative estimate of drug-likeness (QED) is 0.816. The Morgan fingerprint density at radius 2 is 1.78 bits per heavy atom. The number of benzene rings is 2. The molecule has 5 heteroatoms. The fourth-order valence-electron chi connectivity index (χ4n) is 2.16. The highest BCUT2D eigenvalue weighted by atomic mass is 32.2. The Balaban J connectivity index is 1.76. The topological polar surface area (TPSA) is 72.2 Å². The maximum Gasteiger partial charge on any atom is 0.241 e. The maximum atomic E-state index is 12.0. The molecule has 23 heavy (non-hydrogen) atoms. The second-order valence-corrected chi connectivity index (χ2v) is 7.03. The van der Waals surface area contributed by atoms with Gasteiger partial charge in [0.05, 0.1) is 0 Å². The van der Waals surface area contributed by atoms with Crippen molar-refractivity contribution in [3.8, 4) is 0 Å². The molecule has 2 aromatic rings. The number of rotatable bonds is 7. The van der Waals surface area contributed by atoms with Gasteiger partial charge in [0, 0.05) is 28.9 Å². The predicted octanol–water partition coefficient (Wildman–Crippen LogP) is 2.06. The number of nitrogens with two attached hydrogens (primary N) is 1. The van der Waals surface area contributed by atoms with Gasteiger partial charge in [0.15, 0.2) is 0 Å². The largest absolute Gasteiger partial charge is 0.354 e. The average Bonchev–Trinajstić information content (AvgIpc) is 2.55. The van der Waals surface area contributed by atoms with Crippen LogP contribution in [0, 0.1) is 6.92 Å². The lowest BCUT2D eigenvalue weighted by Crippen LogP contribution is -2.36. The maximum absolute atomic E-state index is 12.0. The molecule has 122 valence electrons. The first-order valence-electron chi connectivity index (χ1n) is 7.55. The Labute approximate surface area is 139 Å². The normalized spacial score (nSPS) is 13.3. The SMILES string of the molecule is Cc1ccc(C(N)C(=O)NCCS(=O)Cc2ccccc2)cc1. The molecular formula is C18H22N2O2S. The van der Waals surface area contributed by atoms with E-state index in [4.69, 9.17) is 5.73 Å². The van der Waals surface area contributed by atoms with Crippen molar-refractivity contribution in [3.05, 3.63) is 71.3 Å². The lowest BCUT2D eigenvalue weighted by Gasteiger charge is -2.12. The molecule has 0 aliphatic rings. The summed E-state index contributed by atoms with van der Waals surface area (Å²) in [6, 6.07) is 16.5. The lowest BCUT2D eigenvalue weighted by atomic mass is 10.1. The summed E-state index contributed by atoms with van der Waals surface area (Å²) in [6.07, 6.45) is 0. The second kappa shape index (κ2) is 8.60. The van der Waals surface area contributed by atoms with Gasteiger partial charge in [0.2, 0.25) is 5.91 Å². The van der Waals surface area contributed by atoms with E-state index in [9.17, 15) is 9.00 Å². The van der Waals surface area contributed by atoms with E-state index in [0.29, 0.717) is 18.1 Å². The molecule has 2 atom stereocenters.